The molecule has 16 heavy (non-hydrogen) atoms. The van der Waals surface area contributed by atoms with E-state index in [0.717, 1.165) is 0 Å². The van der Waals surface area contributed by atoms with Crippen LogP contribution in [0.3, 0.4) is 0 Å². The predicted molar refractivity (Wildman–Crippen MR) is 59.2 cm³/mol. The maximum absolute atomic E-state index is 11.6. The highest BCUT2D eigenvalue weighted by molar-refractivity contribution is 6.33. The lowest BCUT2D eigenvalue weighted by atomic mass is 10.1. The van der Waals surface area contributed by atoms with Gasteiger partial charge in [-0.15, -0.1) is 0 Å². The van der Waals surface area contributed by atoms with Gasteiger partial charge in [0.1, 0.15) is 0 Å². The lowest BCUT2D eigenvalue weighted by molar-refractivity contribution is -0.120. The summed E-state index contributed by atoms with van der Waals surface area (Å²) in [5.74, 6) is -0.223. The monoisotopic (exact) mass is 236 g/mol. The van der Waals surface area contributed by atoms with Crippen molar-refractivity contribution in [1.29, 1.82) is 5.26 Å². The lowest BCUT2D eigenvalue weighted by Crippen LogP contribution is -2.28. The number of carbonyl (C=O) groups is 1. The summed E-state index contributed by atoms with van der Waals surface area (Å²) in [6.07, 6.45) is 0. The van der Waals surface area contributed by atoms with E-state index in [1.165, 1.54) is 6.07 Å². The van der Waals surface area contributed by atoms with E-state index in [0.29, 0.717) is 22.9 Å². The smallest absolute Gasteiger partial charge is 0.258 e. The van der Waals surface area contributed by atoms with E-state index in [1.807, 2.05) is 6.07 Å². The number of ether oxygens (including phenoxy) is 1. The predicted octanol–water partition coefficient (Wildman–Crippen LogP) is 1.94. The Kier molecular flexibility index (Phi) is 2.58. The van der Waals surface area contributed by atoms with E-state index < -0.39 is 5.60 Å². The Morgan fingerprint density at radius 1 is 1.69 bits per heavy atom. The van der Waals surface area contributed by atoms with Gasteiger partial charge < -0.3 is 10.1 Å². The lowest BCUT2D eigenvalue weighted by Gasteiger charge is -2.09. The molecule has 1 fully saturated rings. The fourth-order valence-electron chi connectivity index (χ4n) is 1.18. The van der Waals surface area contributed by atoms with E-state index in [-0.39, 0.29) is 5.91 Å². The molecular formula is C11H9ClN2O2. The van der Waals surface area contributed by atoms with Crippen LogP contribution in [0.15, 0.2) is 18.2 Å². The van der Waals surface area contributed by atoms with E-state index in [4.69, 9.17) is 21.6 Å². The van der Waals surface area contributed by atoms with Gasteiger partial charge in [0, 0.05) is 0 Å². The number of epoxide rings is 1. The van der Waals surface area contributed by atoms with Crippen LogP contribution < -0.4 is 5.32 Å². The summed E-state index contributed by atoms with van der Waals surface area (Å²) in [5, 5.41) is 11.7. The van der Waals surface area contributed by atoms with Gasteiger partial charge >= 0.3 is 0 Å². The van der Waals surface area contributed by atoms with Crippen molar-refractivity contribution >= 4 is 23.2 Å². The van der Waals surface area contributed by atoms with Gasteiger partial charge in [-0.1, -0.05) is 11.6 Å². The number of nitrogens with zero attached hydrogens (tertiary/aromatic N) is 1. The molecule has 0 saturated carbocycles. The van der Waals surface area contributed by atoms with Crippen molar-refractivity contribution in [2.75, 3.05) is 11.9 Å². The Labute approximate surface area is 97.8 Å². The molecule has 82 valence electrons. The van der Waals surface area contributed by atoms with E-state index in [2.05, 4.69) is 5.32 Å². The minimum Gasteiger partial charge on any atom is -0.359 e. The van der Waals surface area contributed by atoms with Crippen LogP contribution in [0, 0.1) is 11.3 Å². The molecule has 1 unspecified atom stereocenters. The third-order valence-electron chi connectivity index (χ3n) is 2.40. The van der Waals surface area contributed by atoms with Gasteiger partial charge in [0.2, 0.25) is 0 Å². The molecule has 1 aliphatic rings. The molecule has 0 spiro atoms. The van der Waals surface area contributed by atoms with Crippen molar-refractivity contribution in [3.63, 3.8) is 0 Å². The molecule has 0 aliphatic carbocycles. The molecule has 1 amide bonds. The number of amides is 1. The number of anilines is 1. The first-order valence-electron chi connectivity index (χ1n) is 4.70. The molecule has 4 nitrogen and oxygen atoms in total. The Bertz CT molecular complexity index is 489. The number of nitrogens with one attached hydrogen (secondary N) is 1. The number of halogens is 1. The number of carbonyl (C=O) groups excluding carboxylic acids is 1. The van der Waals surface area contributed by atoms with Crippen LogP contribution in [0.25, 0.3) is 0 Å². The van der Waals surface area contributed by atoms with Crippen LogP contribution in [0.2, 0.25) is 5.02 Å². The summed E-state index contributed by atoms with van der Waals surface area (Å²) in [4.78, 5) is 11.6. The molecule has 1 aromatic rings. The third kappa shape index (κ3) is 2.01. The van der Waals surface area contributed by atoms with E-state index in [9.17, 15) is 4.79 Å². The fourth-order valence-corrected chi connectivity index (χ4v) is 1.41. The molecule has 1 heterocycles. The summed E-state index contributed by atoms with van der Waals surface area (Å²) in [5.41, 5.74) is 0.219. The summed E-state index contributed by atoms with van der Waals surface area (Å²) in [6.45, 7) is 2.13. The summed E-state index contributed by atoms with van der Waals surface area (Å²) in [7, 11) is 0. The Morgan fingerprint density at radius 3 is 2.88 bits per heavy atom. The summed E-state index contributed by atoms with van der Waals surface area (Å²) >= 11 is 5.92. The zero-order valence-electron chi connectivity index (χ0n) is 8.58. The molecule has 1 saturated heterocycles. The number of benzene rings is 1. The topological polar surface area (TPSA) is 65.4 Å². The molecular weight excluding hydrogens is 228 g/mol. The first kappa shape index (κ1) is 10.9. The Balaban J connectivity index is 2.16. The first-order valence-corrected chi connectivity index (χ1v) is 5.08. The van der Waals surface area contributed by atoms with Crippen molar-refractivity contribution in [1.82, 2.24) is 0 Å². The number of rotatable bonds is 2. The molecule has 0 radical (unpaired) electrons. The second-order valence-electron chi connectivity index (χ2n) is 3.78. The molecule has 0 bridgehead atoms. The van der Waals surface area contributed by atoms with Gasteiger partial charge in [-0.25, -0.2) is 0 Å². The van der Waals surface area contributed by atoms with Gasteiger partial charge in [0.15, 0.2) is 5.60 Å². The minimum absolute atomic E-state index is 0.223. The van der Waals surface area contributed by atoms with Gasteiger partial charge in [-0.3, -0.25) is 4.79 Å². The largest absolute Gasteiger partial charge is 0.359 e. The van der Waals surface area contributed by atoms with Crippen LogP contribution in [-0.2, 0) is 9.53 Å². The highest BCUT2D eigenvalue weighted by Gasteiger charge is 2.47. The molecule has 2 rings (SSSR count). The molecule has 1 aromatic carbocycles. The highest BCUT2D eigenvalue weighted by Crippen LogP contribution is 2.29. The quantitative estimate of drug-likeness (QED) is 0.798. The Hall–Kier alpha value is -1.57. The molecule has 5 heteroatoms. The maximum atomic E-state index is 11.6. The number of hydrogen-bond acceptors (Lipinski definition) is 3. The van der Waals surface area contributed by atoms with E-state index in [1.54, 1.807) is 19.1 Å². The van der Waals surface area contributed by atoms with Crippen LogP contribution in [0.4, 0.5) is 5.69 Å². The van der Waals surface area contributed by atoms with Crippen LogP contribution in [0.5, 0.6) is 0 Å². The maximum Gasteiger partial charge on any atom is 0.258 e. The SMILES string of the molecule is CC1(C(=O)Nc2ccc(C#N)cc2Cl)CO1. The molecule has 1 N–H and O–H groups in total. The normalized spacial score (nSPS) is 22.3. The van der Waals surface area contributed by atoms with Gasteiger partial charge in [0.05, 0.1) is 28.9 Å². The van der Waals surface area contributed by atoms with Crippen molar-refractivity contribution in [2.45, 2.75) is 12.5 Å². The second-order valence-corrected chi connectivity index (χ2v) is 4.19. The minimum atomic E-state index is -0.725. The fraction of sp³-hybridized carbons (Fsp3) is 0.273. The second kappa shape index (κ2) is 3.78. The van der Waals surface area contributed by atoms with Crippen molar-refractivity contribution in [3.05, 3.63) is 28.8 Å². The Morgan fingerprint density at radius 2 is 2.38 bits per heavy atom. The van der Waals surface area contributed by atoms with Gasteiger partial charge in [-0.2, -0.15) is 5.26 Å². The van der Waals surface area contributed by atoms with Crippen molar-refractivity contribution < 1.29 is 9.53 Å². The standard InChI is InChI=1S/C11H9ClN2O2/c1-11(6-16-11)10(15)14-9-3-2-7(5-13)4-8(9)12/h2-4H,6H2,1H3,(H,14,15). The van der Waals surface area contributed by atoms with Crippen molar-refractivity contribution in [2.24, 2.45) is 0 Å². The number of hydrogen-bond donors (Lipinski definition) is 1. The van der Waals surface area contributed by atoms with Crippen LogP contribution in [-0.4, -0.2) is 18.1 Å². The van der Waals surface area contributed by atoms with Crippen LogP contribution in [0.1, 0.15) is 12.5 Å². The average Bonchev–Trinajstić information content (AvgIpc) is 3.01. The molecule has 0 aromatic heterocycles. The van der Waals surface area contributed by atoms with Crippen LogP contribution >= 0.6 is 11.6 Å². The average molecular weight is 237 g/mol. The first-order chi connectivity index (χ1) is 7.55. The third-order valence-corrected chi connectivity index (χ3v) is 2.72. The summed E-state index contributed by atoms with van der Waals surface area (Å²) < 4.78 is 5.01. The number of nitriles is 1. The molecule has 1 atom stereocenters. The zero-order chi connectivity index (χ0) is 11.8. The van der Waals surface area contributed by atoms with Crippen molar-refractivity contribution in [3.8, 4) is 6.07 Å². The summed E-state index contributed by atoms with van der Waals surface area (Å²) in [6, 6.07) is 6.67. The molecule has 1 aliphatic heterocycles. The van der Waals surface area contributed by atoms with Gasteiger partial charge in [-0.05, 0) is 25.1 Å². The zero-order valence-corrected chi connectivity index (χ0v) is 9.34. The van der Waals surface area contributed by atoms with Gasteiger partial charge in [0.25, 0.3) is 5.91 Å². The van der Waals surface area contributed by atoms with E-state index >= 15 is 0 Å². The highest BCUT2D eigenvalue weighted by atomic mass is 35.5.